The van der Waals surface area contributed by atoms with Crippen LogP contribution in [-0.2, 0) is 6.42 Å². The summed E-state index contributed by atoms with van der Waals surface area (Å²) in [6.45, 7) is 0. The number of hydrogen-bond donors (Lipinski definition) is 4. The number of nitrogens with one attached hydrogen (secondary N) is 4. The van der Waals surface area contributed by atoms with Gasteiger partial charge in [0, 0.05) is 11.4 Å². The fourth-order valence-electron chi connectivity index (χ4n) is 3.94. The first-order valence-electron chi connectivity index (χ1n) is 10.9. The number of nitrogens with zero attached hydrogens (tertiary/aromatic N) is 2. The van der Waals surface area contributed by atoms with Gasteiger partial charge in [0.1, 0.15) is 0 Å². The summed E-state index contributed by atoms with van der Waals surface area (Å²) >= 11 is 0. The third-order valence-electron chi connectivity index (χ3n) is 5.62. The lowest BCUT2D eigenvalue weighted by atomic mass is 10.0. The van der Waals surface area contributed by atoms with Crippen LogP contribution in [0.25, 0.3) is 22.1 Å². The molecule has 0 amide bonds. The Hall–Kier alpha value is -4.58. The third kappa shape index (κ3) is 4.14. The molecule has 2 aromatic heterocycles. The Bertz CT molecular complexity index is 1340. The summed E-state index contributed by atoms with van der Waals surface area (Å²) in [5.41, 5.74) is 8.46. The van der Waals surface area contributed by atoms with Crippen LogP contribution in [0.3, 0.4) is 0 Å². The number of aromatic nitrogens is 4. The van der Waals surface area contributed by atoms with E-state index in [1.165, 1.54) is 11.1 Å². The number of aromatic amines is 2. The maximum Gasteiger partial charge on any atom is 0.205 e. The predicted molar refractivity (Wildman–Crippen MR) is 134 cm³/mol. The minimum absolute atomic E-state index is 0.747. The molecule has 33 heavy (non-hydrogen) atoms. The molecule has 6 aromatic rings. The van der Waals surface area contributed by atoms with Crippen molar-refractivity contribution in [2.24, 2.45) is 0 Å². The minimum atomic E-state index is 0.747. The molecule has 0 fully saturated rings. The summed E-state index contributed by atoms with van der Waals surface area (Å²) < 4.78 is 0. The van der Waals surface area contributed by atoms with Gasteiger partial charge in [-0.05, 0) is 66.1 Å². The van der Waals surface area contributed by atoms with Gasteiger partial charge < -0.3 is 20.6 Å². The van der Waals surface area contributed by atoms with E-state index in [-0.39, 0.29) is 0 Å². The smallest absolute Gasteiger partial charge is 0.205 e. The zero-order chi connectivity index (χ0) is 22.0. The van der Waals surface area contributed by atoms with Crippen molar-refractivity contribution in [1.29, 1.82) is 0 Å². The van der Waals surface area contributed by atoms with Crippen LogP contribution >= 0.6 is 0 Å². The van der Waals surface area contributed by atoms with Gasteiger partial charge in [-0.15, -0.1) is 0 Å². The molecule has 4 aromatic carbocycles. The van der Waals surface area contributed by atoms with Crippen molar-refractivity contribution in [2.45, 2.75) is 6.42 Å². The first-order chi connectivity index (χ1) is 16.3. The average molecular weight is 431 g/mol. The van der Waals surface area contributed by atoms with Crippen molar-refractivity contribution >= 4 is 45.3 Å². The van der Waals surface area contributed by atoms with Gasteiger partial charge in [-0.2, -0.15) is 0 Å². The topological polar surface area (TPSA) is 81.4 Å². The summed E-state index contributed by atoms with van der Waals surface area (Å²) in [5.74, 6) is 1.49. The number of anilines is 4. The molecule has 0 aliphatic carbocycles. The summed E-state index contributed by atoms with van der Waals surface area (Å²) in [5, 5.41) is 6.68. The van der Waals surface area contributed by atoms with Gasteiger partial charge in [0.15, 0.2) is 0 Å². The fraction of sp³-hybridized carbons (Fsp3) is 0.0370. The number of H-pyrrole nitrogens is 2. The maximum atomic E-state index is 4.57. The largest absolute Gasteiger partial charge is 0.326 e. The monoisotopic (exact) mass is 430 g/mol. The van der Waals surface area contributed by atoms with Crippen molar-refractivity contribution in [3.63, 3.8) is 0 Å². The van der Waals surface area contributed by atoms with Gasteiger partial charge in [0.2, 0.25) is 11.9 Å². The van der Waals surface area contributed by atoms with Crippen LogP contribution in [0.15, 0.2) is 97.1 Å². The lowest BCUT2D eigenvalue weighted by Gasteiger charge is -2.07. The van der Waals surface area contributed by atoms with E-state index in [0.717, 1.165) is 51.8 Å². The lowest BCUT2D eigenvalue weighted by molar-refractivity contribution is 1.19. The molecule has 0 atom stereocenters. The van der Waals surface area contributed by atoms with Crippen LogP contribution in [0, 0.1) is 0 Å². The van der Waals surface area contributed by atoms with E-state index >= 15 is 0 Å². The van der Waals surface area contributed by atoms with Gasteiger partial charge in [-0.1, -0.05) is 48.5 Å². The molecule has 0 radical (unpaired) electrons. The highest BCUT2D eigenvalue weighted by Crippen LogP contribution is 2.21. The second-order valence-electron chi connectivity index (χ2n) is 8.03. The first kappa shape index (κ1) is 19.1. The van der Waals surface area contributed by atoms with E-state index in [1.807, 2.05) is 48.5 Å². The molecule has 6 nitrogen and oxygen atoms in total. The molecule has 0 bridgehead atoms. The first-order valence-corrected chi connectivity index (χ1v) is 10.9. The highest BCUT2D eigenvalue weighted by molar-refractivity contribution is 5.79. The quantitative estimate of drug-likeness (QED) is 0.243. The number of rotatable bonds is 6. The van der Waals surface area contributed by atoms with Crippen LogP contribution in [-0.4, -0.2) is 19.9 Å². The van der Waals surface area contributed by atoms with Crippen LogP contribution in [0.4, 0.5) is 23.3 Å². The molecule has 0 saturated carbocycles. The van der Waals surface area contributed by atoms with Crippen molar-refractivity contribution in [2.75, 3.05) is 10.6 Å². The van der Waals surface area contributed by atoms with Crippen LogP contribution in [0.1, 0.15) is 11.1 Å². The molecule has 2 heterocycles. The number of benzene rings is 4. The van der Waals surface area contributed by atoms with Gasteiger partial charge in [-0.3, -0.25) is 0 Å². The van der Waals surface area contributed by atoms with E-state index in [4.69, 9.17) is 0 Å². The van der Waals surface area contributed by atoms with Crippen molar-refractivity contribution < 1.29 is 0 Å². The number of para-hydroxylation sites is 4. The van der Waals surface area contributed by atoms with Gasteiger partial charge >= 0.3 is 0 Å². The third-order valence-corrected chi connectivity index (χ3v) is 5.62. The summed E-state index contributed by atoms with van der Waals surface area (Å²) in [6, 6.07) is 32.9. The Kier molecular flexibility index (Phi) is 4.73. The van der Waals surface area contributed by atoms with Crippen molar-refractivity contribution in [3.05, 3.63) is 108 Å². The van der Waals surface area contributed by atoms with E-state index in [9.17, 15) is 0 Å². The molecular weight excluding hydrogens is 408 g/mol. The molecular formula is C27H22N6. The van der Waals surface area contributed by atoms with E-state index in [2.05, 4.69) is 79.1 Å². The molecule has 0 spiro atoms. The standard InChI is InChI=1S/C27H22N6/c1-2-6-23-22(5-1)30-26(31-23)28-20-13-9-18(10-14-20)17-19-11-15-21(16-12-19)29-27-32-24-7-3-4-8-25(24)33-27/h1-16H,17H2,(H2,28,30,31)(H2,29,32,33). The molecule has 6 rings (SSSR count). The number of fused-ring (bicyclic) bond motifs is 2. The zero-order valence-electron chi connectivity index (χ0n) is 17.8. The zero-order valence-corrected chi connectivity index (χ0v) is 17.8. The maximum absolute atomic E-state index is 4.57. The Labute approximate surface area is 190 Å². The molecule has 0 unspecified atom stereocenters. The van der Waals surface area contributed by atoms with Crippen LogP contribution in [0.5, 0.6) is 0 Å². The van der Waals surface area contributed by atoms with E-state index in [1.54, 1.807) is 0 Å². The molecule has 6 heteroatoms. The summed E-state index contributed by atoms with van der Waals surface area (Å²) in [7, 11) is 0. The van der Waals surface area contributed by atoms with E-state index < -0.39 is 0 Å². The average Bonchev–Trinajstić information content (AvgIpc) is 3.44. The molecule has 0 aliphatic rings. The molecule has 0 saturated heterocycles. The van der Waals surface area contributed by atoms with Crippen molar-refractivity contribution in [3.8, 4) is 0 Å². The predicted octanol–water partition coefficient (Wildman–Crippen LogP) is 6.52. The minimum Gasteiger partial charge on any atom is -0.326 e. The number of hydrogen-bond acceptors (Lipinski definition) is 4. The Balaban J connectivity index is 1.10. The normalized spacial score (nSPS) is 11.2. The molecule has 160 valence electrons. The second-order valence-corrected chi connectivity index (χ2v) is 8.03. The van der Waals surface area contributed by atoms with Gasteiger partial charge in [-0.25, -0.2) is 9.97 Å². The highest BCUT2D eigenvalue weighted by atomic mass is 15.1. The highest BCUT2D eigenvalue weighted by Gasteiger charge is 2.04. The fourth-order valence-corrected chi connectivity index (χ4v) is 3.94. The Morgan fingerprint density at radius 3 is 1.36 bits per heavy atom. The molecule has 0 aliphatic heterocycles. The number of imidazole rings is 2. The summed E-state index contributed by atoms with van der Waals surface area (Å²) in [6.07, 6.45) is 0.871. The van der Waals surface area contributed by atoms with Crippen LogP contribution in [0.2, 0.25) is 0 Å². The lowest BCUT2D eigenvalue weighted by Crippen LogP contribution is -1.95. The second kappa shape index (κ2) is 8.16. The summed E-state index contributed by atoms with van der Waals surface area (Å²) in [4.78, 5) is 15.7. The van der Waals surface area contributed by atoms with Gasteiger partial charge in [0.05, 0.1) is 22.1 Å². The van der Waals surface area contributed by atoms with Crippen LogP contribution < -0.4 is 10.6 Å². The molecule has 4 N–H and O–H groups in total. The SMILES string of the molecule is c1ccc2[nH]c(Nc3ccc(Cc4ccc(Nc5nc6ccccc6[nH]5)cc4)cc3)nc2c1. The Morgan fingerprint density at radius 2 is 0.939 bits per heavy atom. The van der Waals surface area contributed by atoms with E-state index in [0.29, 0.717) is 0 Å². The Morgan fingerprint density at radius 1 is 0.515 bits per heavy atom. The van der Waals surface area contributed by atoms with Crippen molar-refractivity contribution in [1.82, 2.24) is 19.9 Å². The van der Waals surface area contributed by atoms with Gasteiger partial charge in [0.25, 0.3) is 0 Å².